The Labute approximate surface area is 156 Å². The molecule has 6 heteroatoms. The normalized spacial score (nSPS) is 15.5. The standard InChI is InChI=1S/C20H31N3O3/c1-20(2,3)26-19(25)23-12-10-17(11-13-23)15-22(4)18(24)21-14-16-8-6-5-7-9-16/h5-9,17H,10-15H2,1-4H3,(H,21,24). The van der Waals surface area contributed by atoms with Gasteiger partial charge in [-0.15, -0.1) is 0 Å². The maximum atomic E-state index is 12.2. The molecule has 26 heavy (non-hydrogen) atoms. The molecule has 0 radical (unpaired) electrons. The minimum atomic E-state index is -0.467. The van der Waals surface area contributed by atoms with Crippen molar-refractivity contribution in [1.29, 1.82) is 0 Å². The molecule has 0 saturated carbocycles. The van der Waals surface area contributed by atoms with Crippen molar-refractivity contribution < 1.29 is 14.3 Å². The van der Waals surface area contributed by atoms with Crippen molar-refractivity contribution >= 4 is 12.1 Å². The molecule has 1 aromatic carbocycles. The SMILES string of the molecule is CN(CC1CCN(C(=O)OC(C)(C)C)CC1)C(=O)NCc1ccccc1. The highest BCUT2D eigenvalue weighted by molar-refractivity contribution is 5.73. The zero-order valence-corrected chi connectivity index (χ0v) is 16.3. The molecule has 144 valence electrons. The fourth-order valence-electron chi connectivity index (χ4n) is 3.00. The summed E-state index contributed by atoms with van der Waals surface area (Å²) in [6.45, 7) is 8.21. The highest BCUT2D eigenvalue weighted by Gasteiger charge is 2.27. The molecule has 1 aliphatic heterocycles. The lowest BCUT2D eigenvalue weighted by Gasteiger charge is -2.34. The summed E-state index contributed by atoms with van der Waals surface area (Å²) in [6.07, 6.45) is 1.52. The van der Waals surface area contributed by atoms with Crippen LogP contribution in [-0.2, 0) is 11.3 Å². The van der Waals surface area contributed by atoms with E-state index in [1.54, 1.807) is 9.80 Å². The molecular weight excluding hydrogens is 330 g/mol. The van der Waals surface area contributed by atoms with Crippen molar-refractivity contribution in [3.63, 3.8) is 0 Å². The molecule has 1 heterocycles. The van der Waals surface area contributed by atoms with Crippen molar-refractivity contribution in [3.8, 4) is 0 Å². The number of ether oxygens (including phenoxy) is 1. The number of carbonyl (C=O) groups excluding carboxylic acids is 2. The number of likely N-dealkylation sites (tertiary alicyclic amines) is 1. The number of urea groups is 1. The molecule has 6 nitrogen and oxygen atoms in total. The molecule has 1 fully saturated rings. The first-order chi connectivity index (χ1) is 12.2. The van der Waals surface area contributed by atoms with Gasteiger partial charge in [0.25, 0.3) is 0 Å². The molecule has 0 atom stereocenters. The van der Waals surface area contributed by atoms with Crippen molar-refractivity contribution in [2.24, 2.45) is 5.92 Å². The van der Waals surface area contributed by atoms with Crippen LogP contribution in [0.2, 0.25) is 0 Å². The molecule has 0 unspecified atom stereocenters. The number of carbonyl (C=O) groups is 2. The maximum Gasteiger partial charge on any atom is 0.410 e. The van der Waals surface area contributed by atoms with Gasteiger partial charge in [-0.3, -0.25) is 0 Å². The summed E-state index contributed by atoms with van der Waals surface area (Å²) in [5.41, 5.74) is 0.616. The Balaban J connectivity index is 1.71. The third-order valence-electron chi connectivity index (χ3n) is 4.43. The average molecular weight is 361 g/mol. The van der Waals surface area contributed by atoms with Crippen molar-refractivity contribution in [3.05, 3.63) is 35.9 Å². The molecule has 0 aliphatic carbocycles. The molecule has 1 aliphatic rings. The Bertz CT molecular complexity index is 590. The average Bonchev–Trinajstić information content (AvgIpc) is 2.59. The Hall–Kier alpha value is -2.24. The predicted molar refractivity (Wildman–Crippen MR) is 102 cm³/mol. The second-order valence-electron chi connectivity index (χ2n) is 7.94. The van der Waals surface area contributed by atoms with Gasteiger partial charge in [-0.05, 0) is 45.1 Å². The third-order valence-corrected chi connectivity index (χ3v) is 4.43. The van der Waals surface area contributed by atoms with E-state index < -0.39 is 5.60 Å². The van der Waals surface area contributed by atoms with Gasteiger partial charge in [0.05, 0.1) is 0 Å². The molecule has 0 bridgehead atoms. The molecule has 1 aromatic rings. The number of rotatable bonds is 4. The minimum absolute atomic E-state index is 0.0663. The fraction of sp³-hybridized carbons (Fsp3) is 0.600. The van der Waals surface area contributed by atoms with Crippen molar-refractivity contribution in [1.82, 2.24) is 15.1 Å². The van der Waals surface area contributed by atoms with Crippen LogP contribution in [0.15, 0.2) is 30.3 Å². The highest BCUT2D eigenvalue weighted by Crippen LogP contribution is 2.20. The van der Waals surface area contributed by atoms with E-state index in [1.165, 1.54) is 0 Å². The first kappa shape index (κ1) is 20.1. The van der Waals surface area contributed by atoms with E-state index >= 15 is 0 Å². The molecule has 3 amide bonds. The number of hydrogen-bond donors (Lipinski definition) is 1. The molecular formula is C20H31N3O3. The fourth-order valence-corrected chi connectivity index (χ4v) is 3.00. The summed E-state index contributed by atoms with van der Waals surface area (Å²) in [5, 5.41) is 2.94. The van der Waals surface area contributed by atoms with Gasteiger partial charge < -0.3 is 19.9 Å². The van der Waals surface area contributed by atoms with Crippen LogP contribution in [0.5, 0.6) is 0 Å². The quantitative estimate of drug-likeness (QED) is 0.893. The molecule has 1 saturated heterocycles. The van der Waals surface area contributed by atoms with Crippen LogP contribution in [0, 0.1) is 5.92 Å². The summed E-state index contributed by atoms with van der Waals surface area (Å²) in [7, 11) is 1.82. The summed E-state index contributed by atoms with van der Waals surface area (Å²) in [4.78, 5) is 27.8. The van der Waals surface area contributed by atoms with E-state index in [2.05, 4.69) is 5.32 Å². The molecule has 0 aromatic heterocycles. The molecule has 0 spiro atoms. The topological polar surface area (TPSA) is 61.9 Å². The van der Waals surface area contributed by atoms with Gasteiger partial charge in [-0.1, -0.05) is 30.3 Å². The first-order valence-corrected chi connectivity index (χ1v) is 9.25. The third kappa shape index (κ3) is 6.58. The van der Waals surface area contributed by atoms with Crippen LogP contribution >= 0.6 is 0 Å². The van der Waals surface area contributed by atoms with E-state index in [9.17, 15) is 9.59 Å². The van der Waals surface area contributed by atoms with Crippen LogP contribution in [-0.4, -0.2) is 54.2 Å². The second-order valence-corrected chi connectivity index (χ2v) is 7.94. The number of benzene rings is 1. The van der Waals surface area contributed by atoms with E-state index in [1.807, 2.05) is 58.2 Å². The summed E-state index contributed by atoms with van der Waals surface area (Å²) < 4.78 is 5.42. The Kier molecular flexibility index (Phi) is 6.89. The zero-order chi connectivity index (χ0) is 19.2. The Morgan fingerprint density at radius 3 is 2.38 bits per heavy atom. The van der Waals surface area contributed by atoms with Gasteiger partial charge in [0.1, 0.15) is 5.60 Å². The van der Waals surface area contributed by atoms with Gasteiger partial charge in [-0.2, -0.15) is 0 Å². The Morgan fingerprint density at radius 2 is 1.81 bits per heavy atom. The largest absolute Gasteiger partial charge is 0.444 e. The predicted octanol–water partition coefficient (Wildman–Crippen LogP) is 3.48. The number of nitrogens with zero attached hydrogens (tertiary/aromatic N) is 2. The van der Waals surface area contributed by atoms with Gasteiger partial charge in [0.2, 0.25) is 0 Å². The summed E-state index contributed by atoms with van der Waals surface area (Å²) >= 11 is 0. The van der Waals surface area contributed by atoms with Crippen molar-refractivity contribution in [2.75, 3.05) is 26.7 Å². The van der Waals surface area contributed by atoms with E-state index in [-0.39, 0.29) is 12.1 Å². The van der Waals surface area contributed by atoms with Crippen LogP contribution in [0.3, 0.4) is 0 Å². The van der Waals surface area contributed by atoms with Crippen LogP contribution in [0.4, 0.5) is 9.59 Å². The van der Waals surface area contributed by atoms with Crippen molar-refractivity contribution in [2.45, 2.75) is 45.8 Å². The summed E-state index contributed by atoms with van der Waals surface area (Å²) in [6, 6.07) is 9.80. The molecule has 2 rings (SSSR count). The van der Waals surface area contributed by atoms with Crippen LogP contribution in [0.1, 0.15) is 39.2 Å². The number of piperidine rings is 1. The van der Waals surface area contributed by atoms with Crippen LogP contribution < -0.4 is 5.32 Å². The van der Waals surface area contributed by atoms with Gasteiger partial charge in [0, 0.05) is 33.2 Å². The number of amides is 3. The van der Waals surface area contributed by atoms with Gasteiger partial charge in [0.15, 0.2) is 0 Å². The highest BCUT2D eigenvalue weighted by atomic mass is 16.6. The second kappa shape index (κ2) is 8.92. The van der Waals surface area contributed by atoms with Gasteiger partial charge >= 0.3 is 12.1 Å². The van der Waals surface area contributed by atoms with E-state index in [0.717, 1.165) is 18.4 Å². The van der Waals surface area contributed by atoms with Gasteiger partial charge in [-0.25, -0.2) is 9.59 Å². The monoisotopic (exact) mass is 361 g/mol. The van der Waals surface area contributed by atoms with Crippen LogP contribution in [0.25, 0.3) is 0 Å². The summed E-state index contributed by atoms with van der Waals surface area (Å²) in [5.74, 6) is 0.404. The lowest BCUT2D eigenvalue weighted by Crippen LogP contribution is -2.45. The lowest BCUT2D eigenvalue weighted by atomic mass is 9.96. The first-order valence-electron chi connectivity index (χ1n) is 9.25. The Morgan fingerprint density at radius 1 is 1.19 bits per heavy atom. The lowest BCUT2D eigenvalue weighted by molar-refractivity contribution is 0.0176. The van der Waals surface area contributed by atoms with E-state index in [4.69, 9.17) is 4.74 Å². The zero-order valence-electron chi connectivity index (χ0n) is 16.3. The maximum absolute atomic E-state index is 12.2. The number of nitrogens with one attached hydrogen (secondary N) is 1. The number of hydrogen-bond acceptors (Lipinski definition) is 3. The smallest absolute Gasteiger partial charge is 0.410 e. The van der Waals surface area contributed by atoms with E-state index in [0.29, 0.717) is 32.1 Å². The minimum Gasteiger partial charge on any atom is -0.444 e. The molecule has 1 N–H and O–H groups in total.